The van der Waals surface area contributed by atoms with Gasteiger partial charge in [0.15, 0.2) is 0 Å². The minimum atomic E-state index is -5.30. The van der Waals surface area contributed by atoms with Gasteiger partial charge in [-0.05, 0) is 11.6 Å². The van der Waals surface area contributed by atoms with E-state index in [0.29, 0.717) is 0 Å². The number of pyridine rings is 1. The summed E-state index contributed by atoms with van der Waals surface area (Å²) in [6.07, 6.45) is -11.7. The second-order valence-corrected chi connectivity index (χ2v) is 4.62. The number of urea groups is 1. The molecule has 1 aromatic heterocycles. The van der Waals surface area contributed by atoms with Crippen molar-refractivity contribution in [3.63, 3.8) is 0 Å². The minimum absolute atomic E-state index is 0.125. The van der Waals surface area contributed by atoms with E-state index < -0.39 is 49.9 Å². The number of hydrogen-bond donors (Lipinski definition) is 2. The lowest BCUT2D eigenvalue weighted by atomic mass is 10.2. The molecule has 1 heterocycles. The first-order chi connectivity index (χ1) is 11.4. The van der Waals surface area contributed by atoms with E-state index in [-0.39, 0.29) is 5.56 Å². The van der Waals surface area contributed by atoms with Crippen LogP contribution in [0.5, 0.6) is 5.88 Å². The fourth-order valence-electron chi connectivity index (χ4n) is 1.59. The average molecular weight is 381 g/mol. The number of nitrogens with zero attached hydrogens (tertiary/aromatic N) is 1. The van der Waals surface area contributed by atoms with Gasteiger partial charge in [-0.3, -0.25) is 0 Å². The molecule has 0 saturated carbocycles. The lowest BCUT2D eigenvalue weighted by molar-refractivity contribution is -0.198. The quantitative estimate of drug-likeness (QED) is 0.743. The molecule has 0 saturated heterocycles. The van der Waals surface area contributed by atoms with Crippen LogP contribution in [0.15, 0.2) is 18.3 Å². The van der Waals surface area contributed by atoms with Crippen LogP contribution in [-0.2, 0) is 6.54 Å². The number of halogens is 8. The van der Waals surface area contributed by atoms with Gasteiger partial charge in [0.2, 0.25) is 5.88 Å². The van der Waals surface area contributed by atoms with Gasteiger partial charge in [0.25, 0.3) is 0 Å². The number of hydrogen-bond acceptors (Lipinski definition) is 3. The molecule has 1 rings (SSSR count). The largest absolute Gasteiger partial charge is 0.417 e. The van der Waals surface area contributed by atoms with Crippen molar-refractivity contribution in [2.24, 2.45) is 0 Å². The van der Waals surface area contributed by atoms with Crippen LogP contribution in [0.4, 0.5) is 39.9 Å². The summed E-state index contributed by atoms with van der Waals surface area (Å²) in [5.74, 6) is -0.500. The molecule has 0 aliphatic heterocycles. The highest BCUT2D eigenvalue weighted by Crippen LogP contribution is 2.30. The minimum Gasteiger partial charge on any atom is -0.417 e. The summed E-state index contributed by atoms with van der Waals surface area (Å²) < 4.78 is 102. The van der Waals surface area contributed by atoms with Crippen LogP contribution in [0.25, 0.3) is 0 Å². The van der Waals surface area contributed by atoms with Crippen molar-refractivity contribution in [2.45, 2.75) is 38.0 Å². The molecule has 5 nitrogen and oxygen atoms in total. The Morgan fingerprint density at radius 3 is 2.36 bits per heavy atom. The number of ether oxygens (including phenoxy) is 1. The molecular weight excluding hydrogens is 370 g/mol. The van der Waals surface area contributed by atoms with Gasteiger partial charge in [0.1, 0.15) is 6.04 Å². The maximum Gasteiger partial charge on any atom is 0.409 e. The van der Waals surface area contributed by atoms with Crippen LogP contribution in [0.2, 0.25) is 0 Å². The second-order valence-electron chi connectivity index (χ2n) is 4.62. The van der Waals surface area contributed by atoms with E-state index in [2.05, 4.69) is 9.72 Å². The topological polar surface area (TPSA) is 63.2 Å². The summed E-state index contributed by atoms with van der Waals surface area (Å²) in [5.41, 5.74) is 0.125. The molecule has 2 N–H and O–H groups in total. The van der Waals surface area contributed by atoms with Crippen LogP contribution in [0.1, 0.15) is 12.0 Å². The molecule has 0 aliphatic rings. The number of aromatic nitrogens is 1. The zero-order valence-corrected chi connectivity index (χ0v) is 12.1. The van der Waals surface area contributed by atoms with Crippen molar-refractivity contribution in [1.29, 1.82) is 0 Å². The monoisotopic (exact) mass is 381 g/mol. The van der Waals surface area contributed by atoms with Crippen LogP contribution in [0.3, 0.4) is 0 Å². The Bertz CT molecular complexity index is 576. The molecule has 0 aromatic carbocycles. The third kappa shape index (κ3) is 8.35. The zero-order valence-electron chi connectivity index (χ0n) is 12.1. The molecule has 25 heavy (non-hydrogen) atoms. The van der Waals surface area contributed by atoms with E-state index >= 15 is 0 Å². The van der Waals surface area contributed by atoms with E-state index in [9.17, 15) is 39.9 Å². The highest BCUT2D eigenvalue weighted by molar-refractivity contribution is 5.74. The third-order valence-electron chi connectivity index (χ3n) is 2.60. The molecular formula is C12H11F8N3O2. The number of amides is 2. The third-order valence-corrected chi connectivity index (χ3v) is 2.60. The maximum absolute atomic E-state index is 12.5. The van der Waals surface area contributed by atoms with Crippen molar-refractivity contribution in [3.8, 4) is 5.88 Å². The molecule has 13 heteroatoms. The molecule has 0 spiro atoms. The van der Waals surface area contributed by atoms with Gasteiger partial charge in [0.05, 0.1) is 6.42 Å². The lowest BCUT2D eigenvalue weighted by Crippen LogP contribution is -2.51. The molecule has 2 amide bonds. The molecule has 0 bridgehead atoms. The first-order valence-corrected chi connectivity index (χ1v) is 6.44. The van der Waals surface area contributed by atoms with Crippen molar-refractivity contribution < 1.29 is 44.7 Å². The zero-order chi connectivity index (χ0) is 19.3. The van der Waals surface area contributed by atoms with E-state index in [0.717, 1.165) is 12.3 Å². The predicted molar refractivity (Wildman–Crippen MR) is 66.8 cm³/mol. The molecule has 0 unspecified atom stereocenters. The van der Waals surface area contributed by atoms with Crippen LogP contribution in [0, 0.1) is 0 Å². The average Bonchev–Trinajstić information content (AvgIpc) is 2.42. The first kappa shape index (κ1) is 20.7. The Morgan fingerprint density at radius 1 is 1.20 bits per heavy atom. The summed E-state index contributed by atoms with van der Waals surface area (Å²) >= 11 is 0. The molecule has 1 atom stereocenters. The summed E-state index contributed by atoms with van der Waals surface area (Å²) in [6.45, 7) is -3.61. The van der Waals surface area contributed by atoms with Gasteiger partial charge >= 0.3 is 25.0 Å². The summed E-state index contributed by atoms with van der Waals surface area (Å²) in [4.78, 5) is 14.8. The molecule has 1 aromatic rings. The fraction of sp³-hybridized carbons (Fsp3) is 0.500. The number of nitrogens with one attached hydrogen (secondary N) is 2. The van der Waals surface area contributed by atoms with Crippen molar-refractivity contribution >= 4 is 6.03 Å². The van der Waals surface area contributed by atoms with Gasteiger partial charge in [-0.2, -0.15) is 35.1 Å². The Morgan fingerprint density at radius 2 is 1.84 bits per heavy atom. The van der Waals surface area contributed by atoms with Gasteiger partial charge in [-0.25, -0.2) is 9.78 Å². The highest BCUT2D eigenvalue weighted by Gasteiger charge is 2.47. The first-order valence-electron chi connectivity index (χ1n) is 6.44. The Labute approximate surface area is 135 Å². The Balaban J connectivity index is 2.63. The van der Waals surface area contributed by atoms with Gasteiger partial charge in [0, 0.05) is 18.8 Å². The van der Waals surface area contributed by atoms with Gasteiger partial charge in [-0.15, -0.1) is 0 Å². The van der Waals surface area contributed by atoms with Crippen molar-refractivity contribution in [1.82, 2.24) is 15.6 Å². The van der Waals surface area contributed by atoms with Crippen molar-refractivity contribution in [3.05, 3.63) is 23.9 Å². The number of carbonyl (C=O) groups excluding carboxylic acids is 1. The summed E-state index contributed by atoms with van der Waals surface area (Å²) in [6, 6.07) is -2.43. The number of rotatable bonds is 6. The SMILES string of the molecule is O=C(NCc1ccnc(OC(F)F)c1)N[C@H](CC(F)(F)F)C(F)(F)F. The summed E-state index contributed by atoms with van der Waals surface area (Å²) in [7, 11) is 0. The fourth-order valence-corrected chi connectivity index (χ4v) is 1.59. The highest BCUT2D eigenvalue weighted by atomic mass is 19.4. The van der Waals surface area contributed by atoms with E-state index in [4.69, 9.17) is 0 Å². The predicted octanol–water partition coefficient (Wildman–Crippen LogP) is 3.37. The van der Waals surface area contributed by atoms with Crippen molar-refractivity contribution in [2.75, 3.05) is 0 Å². The standard InChI is InChI=1S/C12H11F8N3O2/c13-9(14)25-8-3-6(1-2-21-8)5-22-10(24)23-7(12(18,19)20)4-11(15,16)17/h1-3,7,9H,4-5H2,(H2,22,23,24)/t7-/m1/s1. The second kappa shape index (κ2) is 8.16. The maximum atomic E-state index is 12.5. The van der Waals surface area contributed by atoms with Crippen LogP contribution < -0.4 is 15.4 Å². The molecule has 142 valence electrons. The Kier molecular flexibility index (Phi) is 6.76. The number of carbonyl (C=O) groups is 1. The van der Waals surface area contributed by atoms with Crippen LogP contribution >= 0.6 is 0 Å². The lowest BCUT2D eigenvalue weighted by Gasteiger charge is -2.22. The van der Waals surface area contributed by atoms with E-state index in [1.165, 1.54) is 11.4 Å². The number of alkyl halides is 8. The van der Waals surface area contributed by atoms with Gasteiger partial charge < -0.3 is 15.4 Å². The van der Waals surface area contributed by atoms with E-state index in [1.54, 1.807) is 0 Å². The van der Waals surface area contributed by atoms with Gasteiger partial charge in [-0.1, -0.05) is 0 Å². The van der Waals surface area contributed by atoms with Crippen LogP contribution in [-0.4, -0.2) is 36.0 Å². The summed E-state index contributed by atoms with van der Waals surface area (Å²) in [5, 5.41) is 3.05. The Hall–Kier alpha value is -2.34. The normalized spacial score (nSPS) is 13.5. The van der Waals surface area contributed by atoms with E-state index in [1.807, 2.05) is 5.32 Å². The molecule has 0 radical (unpaired) electrons. The molecule has 0 aliphatic carbocycles. The smallest absolute Gasteiger partial charge is 0.409 e. The molecule has 0 fully saturated rings.